The maximum Gasteiger partial charge on any atom is 0.337 e. The number of rotatable bonds is 4. The third-order valence-electron chi connectivity index (χ3n) is 2.29. The molecule has 108 valence electrons. The van der Waals surface area contributed by atoms with Crippen LogP contribution in [-0.4, -0.2) is 25.0 Å². The number of carbonyl (C=O) groups is 1. The predicted octanol–water partition coefficient (Wildman–Crippen LogP) is 2.38. The highest BCUT2D eigenvalue weighted by atomic mass is 35.5. The molecular formula is C12H11Cl2NO4S. The van der Waals surface area contributed by atoms with Crippen molar-refractivity contribution in [1.82, 2.24) is 4.72 Å². The molecule has 0 saturated carbocycles. The van der Waals surface area contributed by atoms with Gasteiger partial charge in [0.15, 0.2) is 0 Å². The SMILES string of the molecule is C#CC(C)(C)NS(=O)(=O)c1cc(C(=O)O)c(Cl)cc1Cl. The van der Waals surface area contributed by atoms with Crippen LogP contribution in [0, 0.1) is 12.3 Å². The van der Waals surface area contributed by atoms with E-state index in [1.54, 1.807) is 0 Å². The smallest absolute Gasteiger partial charge is 0.337 e. The van der Waals surface area contributed by atoms with Crippen LogP contribution < -0.4 is 4.72 Å². The second kappa shape index (κ2) is 5.62. The Morgan fingerprint density at radius 3 is 2.35 bits per heavy atom. The zero-order valence-electron chi connectivity index (χ0n) is 10.6. The maximum atomic E-state index is 12.2. The first-order chi connectivity index (χ1) is 9.00. The molecule has 0 heterocycles. The molecule has 0 aromatic heterocycles. The number of benzene rings is 1. The fourth-order valence-corrected chi connectivity index (χ4v) is 3.52. The standard InChI is InChI=1S/C12H11Cl2NO4S/c1-4-12(2,3)15-20(18,19)10-5-7(11(16)17)8(13)6-9(10)14/h1,5-6,15H,2-3H3,(H,16,17). The summed E-state index contributed by atoms with van der Waals surface area (Å²) >= 11 is 11.5. The molecule has 0 amide bonds. The Hall–Kier alpha value is -1.26. The second-order valence-electron chi connectivity index (χ2n) is 4.44. The average Bonchev–Trinajstić information content (AvgIpc) is 2.26. The van der Waals surface area contributed by atoms with Crippen molar-refractivity contribution in [2.75, 3.05) is 0 Å². The second-order valence-corrected chi connectivity index (χ2v) is 6.91. The van der Waals surface area contributed by atoms with Crippen LogP contribution in [-0.2, 0) is 10.0 Å². The van der Waals surface area contributed by atoms with E-state index in [4.69, 9.17) is 34.7 Å². The number of nitrogens with one attached hydrogen (secondary N) is 1. The molecule has 1 aromatic carbocycles. The van der Waals surface area contributed by atoms with Gasteiger partial charge in [-0.15, -0.1) is 6.42 Å². The van der Waals surface area contributed by atoms with E-state index in [1.807, 2.05) is 0 Å². The van der Waals surface area contributed by atoms with Crippen LogP contribution in [0.5, 0.6) is 0 Å². The summed E-state index contributed by atoms with van der Waals surface area (Å²) in [6.07, 6.45) is 5.21. The molecule has 5 nitrogen and oxygen atoms in total. The number of hydrogen-bond donors (Lipinski definition) is 2. The van der Waals surface area contributed by atoms with Crippen LogP contribution in [0.3, 0.4) is 0 Å². The molecule has 0 spiro atoms. The van der Waals surface area contributed by atoms with Crippen LogP contribution in [0.15, 0.2) is 17.0 Å². The van der Waals surface area contributed by atoms with Crippen molar-refractivity contribution in [3.63, 3.8) is 0 Å². The summed E-state index contributed by atoms with van der Waals surface area (Å²) in [7, 11) is -4.08. The van der Waals surface area contributed by atoms with Gasteiger partial charge in [-0.05, 0) is 26.0 Å². The minimum Gasteiger partial charge on any atom is -0.478 e. The Labute approximate surface area is 126 Å². The molecular weight excluding hydrogens is 325 g/mol. The predicted molar refractivity (Wildman–Crippen MR) is 76.7 cm³/mol. The van der Waals surface area contributed by atoms with Gasteiger partial charge in [0.05, 0.1) is 21.1 Å². The summed E-state index contributed by atoms with van der Waals surface area (Å²) in [6.45, 7) is 2.96. The molecule has 0 radical (unpaired) electrons. The number of halogens is 2. The fourth-order valence-electron chi connectivity index (χ4n) is 1.32. The van der Waals surface area contributed by atoms with E-state index in [9.17, 15) is 13.2 Å². The molecule has 2 N–H and O–H groups in total. The van der Waals surface area contributed by atoms with E-state index in [1.165, 1.54) is 13.8 Å². The number of aromatic carboxylic acids is 1. The molecule has 0 bridgehead atoms. The van der Waals surface area contributed by atoms with E-state index >= 15 is 0 Å². The normalized spacial score (nSPS) is 11.9. The largest absolute Gasteiger partial charge is 0.478 e. The third-order valence-corrected chi connectivity index (χ3v) is 4.73. The van der Waals surface area contributed by atoms with Gasteiger partial charge in [-0.1, -0.05) is 29.1 Å². The van der Waals surface area contributed by atoms with Gasteiger partial charge in [0.2, 0.25) is 10.0 Å². The number of carboxylic acids is 1. The van der Waals surface area contributed by atoms with Crippen molar-refractivity contribution >= 4 is 39.2 Å². The molecule has 0 fully saturated rings. The van der Waals surface area contributed by atoms with Gasteiger partial charge in [0, 0.05) is 0 Å². The summed E-state index contributed by atoms with van der Waals surface area (Å²) in [5.41, 5.74) is -1.51. The first-order valence-corrected chi connectivity index (χ1v) is 7.48. The average molecular weight is 336 g/mol. The van der Waals surface area contributed by atoms with Crippen LogP contribution in [0.1, 0.15) is 24.2 Å². The summed E-state index contributed by atoms with van der Waals surface area (Å²) in [4.78, 5) is 10.6. The van der Waals surface area contributed by atoms with Gasteiger partial charge in [-0.25, -0.2) is 13.2 Å². The molecule has 0 aliphatic heterocycles. The Bertz CT molecular complexity index is 705. The van der Waals surface area contributed by atoms with Crippen molar-refractivity contribution in [2.45, 2.75) is 24.3 Å². The summed E-state index contributed by atoms with van der Waals surface area (Å²) in [5, 5.41) is 8.60. The lowest BCUT2D eigenvalue weighted by atomic mass is 10.1. The molecule has 0 aliphatic rings. The molecule has 1 rings (SSSR count). The van der Waals surface area contributed by atoms with Crippen molar-refractivity contribution in [1.29, 1.82) is 0 Å². The molecule has 1 aromatic rings. The zero-order valence-corrected chi connectivity index (χ0v) is 12.9. The van der Waals surface area contributed by atoms with Crippen molar-refractivity contribution < 1.29 is 18.3 Å². The number of terminal acetylenes is 1. The van der Waals surface area contributed by atoms with E-state index in [2.05, 4.69) is 10.6 Å². The van der Waals surface area contributed by atoms with Crippen LogP contribution in [0.25, 0.3) is 0 Å². The lowest BCUT2D eigenvalue weighted by Crippen LogP contribution is -2.42. The fraction of sp³-hybridized carbons (Fsp3) is 0.250. The summed E-state index contributed by atoms with van der Waals surface area (Å²) in [6, 6.07) is 1.95. The van der Waals surface area contributed by atoms with Crippen LogP contribution in [0.2, 0.25) is 10.0 Å². The highest BCUT2D eigenvalue weighted by Gasteiger charge is 2.28. The Morgan fingerprint density at radius 2 is 1.90 bits per heavy atom. The summed E-state index contributed by atoms with van der Waals surface area (Å²) < 4.78 is 26.6. The Kier molecular flexibility index (Phi) is 4.72. The minimum atomic E-state index is -4.08. The van der Waals surface area contributed by atoms with Crippen LogP contribution in [0.4, 0.5) is 0 Å². The number of carboxylic acid groups (broad SMARTS) is 1. The quantitative estimate of drug-likeness (QED) is 0.827. The minimum absolute atomic E-state index is 0.155. The van der Waals surface area contributed by atoms with Crippen molar-refractivity contribution in [3.05, 3.63) is 27.7 Å². The van der Waals surface area contributed by atoms with Gasteiger partial charge in [-0.3, -0.25) is 0 Å². The van der Waals surface area contributed by atoms with Crippen molar-refractivity contribution in [3.8, 4) is 12.3 Å². The maximum absolute atomic E-state index is 12.2. The highest BCUT2D eigenvalue weighted by Crippen LogP contribution is 2.29. The number of sulfonamides is 1. The molecule has 0 unspecified atom stereocenters. The molecule has 0 atom stereocenters. The molecule has 20 heavy (non-hydrogen) atoms. The van der Waals surface area contributed by atoms with Gasteiger partial charge < -0.3 is 5.11 Å². The monoisotopic (exact) mass is 335 g/mol. The first-order valence-electron chi connectivity index (χ1n) is 5.24. The molecule has 0 saturated heterocycles. The lowest BCUT2D eigenvalue weighted by Gasteiger charge is -2.20. The van der Waals surface area contributed by atoms with Gasteiger partial charge in [-0.2, -0.15) is 4.72 Å². The summed E-state index contributed by atoms with van der Waals surface area (Å²) in [5.74, 6) is 0.898. The topological polar surface area (TPSA) is 83.5 Å². The highest BCUT2D eigenvalue weighted by molar-refractivity contribution is 7.89. The first kappa shape index (κ1) is 16.8. The molecule has 8 heteroatoms. The van der Waals surface area contributed by atoms with E-state index in [-0.39, 0.29) is 15.6 Å². The van der Waals surface area contributed by atoms with Gasteiger partial charge in [0.1, 0.15) is 4.90 Å². The van der Waals surface area contributed by atoms with Crippen LogP contribution >= 0.6 is 23.2 Å². The zero-order chi connectivity index (χ0) is 15.7. The molecule has 0 aliphatic carbocycles. The van der Waals surface area contributed by atoms with E-state index < -0.39 is 26.4 Å². The lowest BCUT2D eigenvalue weighted by molar-refractivity contribution is 0.0697. The third kappa shape index (κ3) is 3.64. The van der Waals surface area contributed by atoms with Gasteiger partial charge >= 0.3 is 5.97 Å². The van der Waals surface area contributed by atoms with E-state index in [0.717, 1.165) is 12.1 Å². The van der Waals surface area contributed by atoms with E-state index in [0.29, 0.717) is 0 Å². The Morgan fingerprint density at radius 1 is 1.35 bits per heavy atom. The number of hydrogen-bond acceptors (Lipinski definition) is 3. The Balaban J connectivity index is 3.44. The van der Waals surface area contributed by atoms with Crippen molar-refractivity contribution in [2.24, 2.45) is 0 Å². The van der Waals surface area contributed by atoms with Gasteiger partial charge in [0.25, 0.3) is 0 Å².